The Balaban J connectivity index is 3.04. The molecule has 1 rings (SSSR count). The normalized spacial score (nSPS) is 12.3. The van der Waals surface area contributed by atoms with E-state index in [1.165, 1.54) is 4.31 Å². The molecule has 3 nitrogen and oxygen atoms in total. The maximum absolute atomic E-state index is 12.4. The van der Waals surface area contributed by atoms with Crippen molar-refractivity contribution in [2.45, 2.75) is 43.5 Å². The van der Waals surface area contributed by atoms with Crippen LogP contribution in [0.5, 0.6) is 0 Å². The monoisotopic (exact) mass is 289 g/mol. The van der Waals surface area contributed by atoms with Crippen molar-refractivity contribution >= 4 is 21.6 Å². The maximum atomic E-state index is 12.4. The maximum Gasteiger partial charge on any atom is 0.243 e. The molecule has 0 saturated heterocycles. The van der Waals surface area contributed by atoms with E-state index in [2.05, 4.69) is 0 Å². The highest BCUT2D eigenvalue weighted by Gasteiger charge is 2.25. The van der Waals surface area contributed by atoms with Crippen LogP contribution in [0.4, 0.5) is 0 Å². The fourth-order valence-corrected chi connectivity index (χ4v) is 3.60. The third kappa shape index (κ3) is 3.25. The van der Waals surface area contributed by atoms with Crippen LogP contribution in [0, 0.1) is 0 Å². The number of rotatable bonds is 6. The second kappa shape index (κ2) is 6.55. The molecule has 0 atom stereocenters. The van der Waals surface area contributed by atoms with Gasteiger partial charge in [-0.05, 0) is 30.5 Å². The molecule has 0 saturated carbocycles. The molecule has 0 aromatic heterocycles. The Morgan fingerprint density at radius 3 is 2.06 bits per heavy atom. The first-order valence-electron chi connectivity index (χ1n) is 6.10. The smallest absolute Gasteiger partial charge is 0.207 e. The van der Waals surface area contributed by atoms with Gasteiger partial charge in [0.2, 0.25) is 10.0 Å². The molecular weight excluding hydrogens is 270 g/mol. The first-order chi connectivity index (χ1) is 8.47. The van der Waals surface area contributed by atoms with Crippen molar-refractivity contribution in [1.29, 1.82) is 0 Å². The van der Waals surface area contributed by atoms with E-state index in [0.29, 0.717) is 10.8 Å². The topological polar surface area (TPSA) is 37.4 Å². The molecular formula is C13H20ClNO2S. The zero-order valence-corrected chi connectivity index (χ0v) is 12.6. The molecule has 1 aromatic rings. The molecule has 18 heavy (non-hydrogen) atoms. The van der Waals surface area contributed by atoms with E-state index >= 15 is 0 Å². The van der Waals surface area contributed by atoms with Gasteiger partial charge in [0, 0.05) is 19.0 Å². The summed E-state index contributed by atoms with van der Waals surface area (Å²) in [6.45, 7) is 3.99. The number of hydrogen-bond donors (Lipinski definition) is 0. The zero-order chi connectivity index (χ0) is 13.8. The average molecular weight is 290 g/mol. The van der Waals surface area contributed by atoms with Crippen molar-refractivity contribution < 1.29 is 8.42 Å². The highest BCUT2D eigenvalue weighted by Crippen LogP contribution is 2.20. The van der Waals surface area contributed by atoms with Crippen molar-refractivity contribution in [3.05, 3.63) is 29.8 Å². The number of alkyl halides is 1. The first-order valence-corrected chi connectivity index (χ1v) is 8.07. The highest BCUT2D eigenvalue weighted by atomic mass is 35.5. The lowest BCUT2D eigenvalue weighted by Crippen LogP contribution is -2.36. The van der Waals surface area contributed by atoms with E-state index in [-0.39, 0.29) is 6.04 Å². The Bertz CT molecular complexity index is 466. The van der Waals surface area contributed by atoms with Crippen LogP contribution in [0.15, 0.2) is 29.2 Å². The van der Waals surface area contributed by atoms with Crippen LogP contribution in [0.3, 0.4) is 0 Å². The molecule has 0 aliphatic carbocycles. The molecule has 5 heteroatoms. The third-order valence-electron chi connectivity index (χ3n) is 3.21. The molecule has 0 bridgehead atoms. The van der Waals surface area contributed by atoms with Crippen molar-refractivity contribution in [3.8, 4) is 0 Å². The Kier molecular flexibility index (Phi) is 5.63. The van der Waals surface area contributed by atoms with Gasteiger partial charge in [0.15, 0.2) is 0 Å². The molecule has 0 fully saturated rings. The number of benzene rings is 1. The Morgan fingerprint density at radius 2 is 1.67 bits per heavy atom. The molecule has 0 unspecified atom stereocenters. The second-order valence-electron chi connectivity index (χ2n) is 4.27. The van der Waals surface area contributed by atoms with E-state index in [1.807, 2.05) is 13.8 Å². The minimum Gasteiger partial charge on any atom is -0.207 e. The Hall–Kier alpha value is -0.580. The average Bonchev–Trinajstić information content (AvgIpc) is 2.40. The molecule has 1 aromatic carbocycles. The Labute approximate surface area is 115 Å². The lowest BCUT2D eigenvalue weighted by molar-refractivity contribution is 0.349. The van der Waals surface area contributed by atoms with Crippen molar-refractivity contribution in [2.24, 2.45) is 0 Å². The molecule has 0 amide bonds. The summed E-state index contributed by atoms with van der Waals surface area (Å²) in [5, 5.41) is 0. The molecule has 0 spiro atoms. The minimum atomic E-state index is -3.40. The van der Waals surface area contributed by atoms with Gasteiger partial charge < -0.3 is 0 Å². The van der Waals surface area contributed by atoms with Crippen LogP contribution in [-0.4, -0.2) is 25.8 Å². The predicted octanol–water partition coefficient (Wildman–Crippen LogP) is 3.23. The Morgan fingerprint density at radius 1 is 1.17 bits per heavy atom. The predicted molar refractivity (Wildman–Crippen MR) is 75.3 cm³/mol. The number of sulfonamides is 1. The summed E-state index contributed by atoms with van der Waals surface area (Å²) in [6.07, 6.45) is 1.62. The molecule has 0 heterocycles. The van der Waals surface area contributed by atoms with Gasteiger partial charge in [0.1, 0.15) is 0 Å². The van der Waals surface area contributed by atoms with E-state index < -0.39 is 10.0 Å². The first kappa shape index (κ1) is 15.5. The quantitative estimate of drug-likeness (QED) is 0.754. The molecule has 0 radical (unpaired) electrons. The van der Waals surface area contributed by atoms with Crippen LogP contribution in [0.1, 0.15) is 32.3 Å². The lowest BCUT2D eigenvalue weighted by Gasteiger charge is -2.25. The summed E-state index contributed by atoms with van der Waals surface area (Å²) in [5.74, 6) is 0.392. The molecule has 0 aliphatic heterocycles. The van der Waals surface area contributed by atoms with E-state index in [4.69, 9.17) is 11.6 Å². The van der Waals surface area contributed by atoms with E-state index in [0.717, 1.165) is 18.4 Å². The van der Waals surface area contributed by atoms with Crippen LogP contribution in [0.2, 0.25) is 0 Å². The van der Waals surface area contributed by atoms with Gasteiger partial charge in [0.05, 0.1) is 4.90 Å². The van der Waals surface area contributed by atoms with Gasteiger partial charge in [-0.2, -0.15) is 4.31 Å². The van der Waals surface area contributed by atoms with Gasteiger partial charge in [0.25, 0.3) is 0 Å². The van der Waals surface area contributed by atoms with Gasteiger partial charge in [-0.25, -0.2) is 8.42 Å². The summed E-state index contributed by atoms with van der Waals surface area (Å²) in [5.41, 5.74) is 0.917. The van der Waals surface area contributed by atoms with Crippen LogP contribution >= 0.6 is 11.6 Å². The number of hydrogen-bond acceptors (Lipinski definition) is 2. The number of nitrogens with zero attached hydrogens (tertiary/aromatic N) is 1. The summed E-state index contributed by atoms with van der Waals surface area (Å²) >= 11 is 5.69. The highest BCUT2D eigenvalue weighted by molar-refractivity contribution is 7.89. The summed E-state index contributed by atoms with van der Waals surface area (Å²) in [4.78, 5) is 0.325. The van der Waals surface area contributed by atoms with Gasteiger partial charge in [-0.3, -0.25) is 0 Å². The van der Waals surface area contributed by atoms with Gasteiger partial charge in [-0.15, -0.1) is 11.6 Å². The summed E-state index contributed by atoms with van der Waals surface area (Å²) in [6, 6.07) is 6.78. The van der Waals surface area contributed by atoms with Gasteiger partial charge >= 0.3 is 0 Å². The number of halogens is 1. The standard InChI is InChI=1S/C13H20ClNO2S/c1-4-12(5-2)15(3)18(16,17)13-8-6-11(10-14)7-9-13/h6-9,12H,4-5,10H2,1-3H3. The van der Waals surface area contributed by atoms with Gasteiger partial charge in [-0.1, -0.05) is 26.0 Å². The van der Waals surface area contributed by atoms with Crippen molar-refractivity contribution in [3.63, 3.8) is 0 Å². The van der Waals surface area contributed by atoms with Crippen molar-refractivity contribution in [1.82, 2.24) is 4.31 Å². The largest absolute Gasteiger partial charge is 0.243 e. The zero-order valence-electron chi connectivity index (χ0n) is 11.1. The fraction of sp³-hybridized carbons (Fsp3) is 0.538. The summed E-state index contributed by atoms with van der Waals surface area (Å²) in [7, 11) is -1.76. The molecule has 0 aliphatic rings. The van der Waals surface area contributed by atoms with Crippen LogP contribution in [0.25, 0.3) is 0 Å². The molecule has 0 N–H and O–H groups in total. The third-order valence-corrected chi connectivity index (χ3v) is 5.44. The van der Waals surface area contributed by atoms with E-state index in [1.54, 1.807) is 31.3 Å². The minimum absolute atomic E-state index is 0.0442. The molecule has 102 valence electrons. The van der Waals surface area contributed by atoms with Crippen molar-refractivity contribution in [2.75, 3.05) is 7.05 Å². The summed E-state index contributed by atoms with van der Waals surface area (Å²) < 4.78 is 26.2. The lowest BCUT2D eigenvalue weighted by atomic mass is 10.2. The van der Waals surface area contributed by atoms with Crippen LogP contribution < -0.4 is 0 Å². The van der Waals surface area contributed by atoms with Crippen LogP contribution in [-0.2, 0) is 15.9 Å². The SMILES string of the molecule is CCC(CC)N(C)S(=O)(=O)c1ccc(CCl)cc1. The van der Waals surface area contributed by atoms with E-state index in [9.17, 15) is 8.42 Å². The fourth-order valence-electron chi connectivity index (χ4n) is 1.92. The second-order valence-corrected chi connectivity index (χ2v) is 6.53.